The van der Waals surface area contributed by atoms with E-state index >= 15 is 0 Å². The zero-order valence-corrected chi connectivity index (χ0v) is 6.51. The number of rotatable bonds is 1. The molecule has 0 amide bonds. The monoisotopic (exact) mass is 151 g/mol. The highest BCUT2D eigenvalue weighted by Crippen LogP contribution is 2.51. The highest BCUT2D eigenvalue weighted by Gasteiger charge is 2.40. The minimum atomic E-state index is 0.175. The lowest BCUT2D eigenvalue weighted by Crippen LogP contribution is -1.95. The molecule has 0 aliphatic heterocycles. The van der Waals surface area contributed by atoms with Gasteiger partial charge in [-0.15, -0.1) is 0 Å². The van der Waals surface area contributed by atoms with Gasteiger partial charge in [0.05, 0.1) is 0 Å². The van der Waals surface area contributed by atoms with Crippen LogP contribution in [0.15, 0.2) is 24.5 Å². The molecule has 0 saturated heterocycles. The van der Waals surface area contributed by atoms with Crippen molar-refractivity contribution in [3.63, 3.8) is 0 Å². The van der Waals surface area contributed by atoms with Crippen LogP contribution in [0, 0.1) is 0 Å². The van der Waals surface area contributed by atoms with Gasteiger partial charge in [-0.2, -0.15) is 12.6 Å². The minimum Gasteiger partial charge on any atom is -0.264 e. The summed E-state index contributed by atoms with van der Waals surface area (Å²) in [6.45, 7) is 0. The van der Waals surface area contributed by atoms with Crippen LogP contribution in [0.3, 0.4) is 0 Å². The summed E-state index contributed by atoms with van der Waals surface area (Å²) in [6, 6.07) is 4.05. The average molecular weight is 151 g/mol. The van der Waals surface area contributed by atoms with E-state index in [0.717, 1.165) is 0 Å². The smallest absolute Gasteiger partial charge is 0.0394 e. The summed E-state index contributed by atoms with van der Waals surface area (Å²) in [7, 11) is 0. The number of pyridine rings is 1. The van der Waals surface area contributed by atoms with Crippen molar-refractivity contribution < 1.29 is 0 Å². The molecule has 52 valence electrons. The van der Waals surface area contributed by atoms with Gasteiger partial charge in [0, 0.05) is 17.1 Å². The van der Waals surface area contributed by atoms with E-state index < -0.39 is 0 Å². The standard InChI is InChI=1S/C8H9NS/c10-8(3-4-8)7-2-1-5-9-6-7/h1-2,5-6,10H,3-4H2. The highest BCUT2D eigenvalue weighted by atomic mass is 32.1. The first-order valence-electron chi connectivity index (χ1n) is 3.44. The van der Waals surface area contributed by atoms with E-state index in [4.69, 9.17) is 0 Å². The van der Waals surface area contributed by atoms with E-state index in [1.54, 1.807) is 6.20 Å². The van der Waals surface area contributed by atoms with Crippen molar-refractivity contribution >= 4 is 12.6 Å². The third-order valence-electron chi connectivity index (χ3n) is 1.92. The van der Waals surface area contributed by atoms with Gasteiger partial charge in [-0.05, 0) is 24.5 Å². The Morgan fingerprint density at radius 2 is 2.30 bits per heavy atom. The molecule has 1 aromatic heterocycles. The molecule has 1 aliphatic rings. The highest BCUT2D eigenvalue weighted by molar-refractivity contribution is 7.81. The van der Waals surface area contributed by atoms with Gasteiger partial charge in [0.25, 0.3) is 0 Å². The summed E-state index contributed by atoms with van der Waals surface area (Å²) in [5.74, 6) is 0. The summed E-state index contributed by atoms with van der Waals surface area (Å²) in [4.78, 5) is 4.04. The molecule has 1 aromatic rings. The summed E-state index contributed by atoms with van der Waals surface area (Å²) in [6.07, 6.45) is 6.09. The molecule has 0 bridgehead atoms. The summed E-state index contributed by atoms with van der Waals surface area (Å²) in [5, 5.41) is 0. The van der Waals surface area contributed by atoms with E-state index in [9.17, 15) is 0 Å². The van der Waals surface area contributed by atoms with Crippen LogP contribution in [0.25, 0.3) is 0 Å². The fraction of sp³-hybridized carbons (Fsp3) is 0.375. The van der Waals surface area contributed by atoms with Crippen LogP contribution in [0.5, 0.6) is 0 Å². The van der Waals surface area contributed by atoms with E-state index in [2.05, 4.69) is 23.7 Å². The average Bonchev–Trinajstić information content (AvgIpc) is 2.72. The third kappa shape index (κ3) is 0.926. The zero-order chi connectivity index (χ0) is 7.03. The van der Waals surface area contributed by atoms with Crippen molar-refractivity contribution in [2.45, 2.75) is 17.6 Å². The Labute approximate surface area is 65.9 Å². The molecular formula is C8H9NS. The number of thiol groups is 1. The normalized spacial score (nSPS) is 20.5. The molecule has 2 heteroatoms. The fourth-order valence-corrected chi connectivity index (χ4v) is 1.29. The number of aromatic nitrogens is 1. The number of nitrogens with zero attached hydrogens (tertiary/aromatic N) is 1. The Hall–Kier alpha value is -0.500. The molecule has 0 spiro atoms. The minimum absolute atomic E-state index is 0.175. The molecule has 0 N–H and O–H groups in total. The van der Waals surface area contributed by atoms with E-state index in [0.29, 0.717) is 0 Å². The second-order valence-corrected chi connectivity index (χ2v) is 3.63. The van der Waals surface area contributed by atoms with Crippen LogP contribution in [-0.2, 0) is 4.75 Å². The first-order valence-corrected chi connectivity index (χ1v) is 3.89. The quantitative estimate of drug-likeness (QED) is 0.606. The SMILES string of the molecule is SC1(c2cccnc2)CC1. The van der Waals surface area contributed by atoms with Crippen LogP contribution >= 0.6 is 12.6 Å². The topological polar surface area (TPSA) is 12.9 Å². The van der Waals surface area contributed by atoms with Crippen LogP contribution in [0.1, 0.15) is 18.4 Å². The molecule has 0 aromatic carbocycles. The van der Waals surface area contributed by atoms with Crippen LogP contribution in [0.4, 0.5) is 0 Å². The van der Waals surface area contributed by atoms with Gasteiger partial charge in [-0.25, -0.2) is 0 Å². The molecule has 1 saturated carbocycles. The van der Waals surface area contributed by atoms with Crippen molar-refractivity contribution in [3.8, 4) is 0 Å². The fourth-order valence-electron chi connectivity index (χ4n) is 1.05. The molecule has 0 radical (unpaired) electrons. The van der Waals surface area contributed by atoms with Crippen molar-refractivity contribution in [2.75, 3.05) is 0 Å². The summed E-state index contributed by atoms with van der Waals surface area (Å²) in [5.41, 5.74) is 1.26. The molecule has 2 rings (SSSR count). The van der Waals surface area contributed by atoms with Gasteiger partial charge in [0.2, 0.25) is 0 Å². The second-order valence-electron chi connectivity index (χ2n) is 2.77. The van der Waals surface area contributed by atoms with Crippen molar-refractivity contribution in [1.29, 1.82) is 0 Å². The maximum absolute atomic E-state index is 4.52. The molecule has 1 aliphatic carbocycles. The van der Waals surface area contributed by atoms with E-state index in [1.165, 1.54) is 18.4 Å². The first-order chi connectivity index (χ1) is 4.81. The molecule has 1 heterocycles. The van der Waals surface area contributed by atoms with Crippen molar-refractivity contribution in [1.82, 2.24) is 4.98 Å². The Kier molecular flexibility index (Phi) is 1.24. The lowest BCUT2D eigenvalue weighted by Gasteiger charge is -2.04. The van der Waals surface area contributed by atoms with E-state index in [1.807, 2.05) is 12.3 Å². The Balaban J connectivity index is 2.35. The van der Waals surface area contributed by atoms with Gasteiger partial charge in [0.1, 0.15) is 0 Å². The lowest BCUT2D eigenvalue weighted by atomic mass is 10.2. The largest absolute Gasteiger partial charge is 0.264 e. The lowest BCUT2D eigenvalue weighted by molar-refractivity contribution is 1.02. The van der Waals surface area contributed by atoms with Gasteiger partial charge >= 0.3 is 0 Å². The van der Waals surface area contributed by atoms with Crippen LogP contribution in [-0.4, -0.2) is 4.98 Å². The second kappa shape index (κ2) is 1.99. The van der Waals surface area contributed by atoms with Crippen LogP contribution in [0.2, 0.25) is 0 Å². The third-order valence-corrected chi connectivity index (χ3v) is 2.63. The maximum Gasteiger partial charge on any atom is 0.0394 e. The van der Waals surface area contributed by atoms with Crippen LogP contribution < -0.4 is 0 Å². The maximum atomic E-state index is 4.52. The van der Waals surface area contributed by atoms with Crippen molar-refractivity contribution in [2.24, 2.45) is 0 Å². The molecule has 1 fully saturated rings. The van der Waals surface area contributed by atoms with E-state index in [-0.39, 0.29) is 4.75 Å². The molecular weight excluding hydrogens is 142 g/mol. The Morgan fingerprint density at radius 1 is 1.50 bits per heavy atom. The van der Waals surface area contributed by atoms with Gasteiger partial charge in [-0.1, -0.05) is 6.07 Å². The Morgan fingerprint density at radius 3 is 2.80 bits per heavy atom. The molecule has 0 atom stereocenters. The number of hydrogen-bond donors (Lipinski definition) is 1. The molecule has 0 unspecified atom stereocenters. The van der Waals surface area contributed by atoms with Gasteiger partial charge < -0.3 is 0 Å². The van der Waals surface area contributed by atoms with Gasteiger partial charge in [-0.3, -0.25) is 4.98 Å². The summed E-state index contributed by atoms with van der Waals surface area (Å²) >= 11 is 4.52. The van der Waals surface area contributed by atoms with Crippen molar-refractivity contribution in [3.05, 3.63) is 30.1 Å². The predicted molar refractivity (Wildman–Crippen MR) is 44.1 cm³/mol. The first kappa shape index (κ1) is 6.23. The Bertz CT molecular complexity index is 228. The zero-order valence-electron chi connectivity index (χ0n) is 5.62. The number of hydrogen-bond acceptors (Lipinski definition) is 2. The van der Waals surface area contributed by atoms with Gasteiger partial charge in [0.15, 0.2) is 0 Å². The summed E-state index contributed by atoms with van der Waals surface area (Å²) < 4.78 is 0.175. The molecule has 10 heavy (non-hydrogen) atoms. The predicted octanol–water partition coefficient (Wildman–Crippen LogP) is 2.00. The molecule has 1 nitrogen and oxygen atoms in total.